The van der Waals surface area contributed by atoms with E-state index in [0.717, 1.165) is 12.2 Å². The summed E-state index contributed by atoms with van der Waals surface area (Å²) in [6, 6.07) is -0.330. The third-order valence-electron chi connectivity index (χ3n) is 2.33. The normalized spacial score (nSPS) is 15.2. The third kappa shape index (κ3) is 2.70. The van der Waals surface area contributed by atoms with E-state index in [2.05, 4.69) is 20.0 Å². The third-order valence-corrected chi connectivity index (χ3v) is 3.04. The number of aromatic nitrogens is 2. The Bertz CT molecular complexity index is 417. The van der Waals surface area contributed by atoms with Crippen LogP contribution in [0.5, 0.6) is 0 Å². The molecule has 7 nitrogen and oxygen atoms in total. The highest BCUT2D eigenvalue weighted by Crippen LogP contribution is 2.10. The van der Waals surface area contributed by atoms with Crippen molar-refractivity contribution in [3.8, 4) is 0 Å². The van der Waals surface area contributed by atoms with E-state index in [4.69, 9.17) is 0 Å². The zero-order valence-corrected chi connectivity index (χ0v) is 10.2. The zero-order valence-electron chi connectivity index (χ0n) is 9.39. The number of rotatable bonds is 5. The van der Waals surface area contributed by atoms with Crippen LogP contribution in [0.4, 0.5) is 9.93 Å². The van der Waals surface area contributed by atoms with Crippen LogP contribution >= 0.6 is 11.5 Å². The summed E-state index contributed by atoms with van der Waals surface area (Å²) in [6.07, 6.45) is 0.797. The first kappa shape index (κ1) is 11.8. The Labute approximate surface area is 102 Å². The summed E-state index contributed by atoms with van der Waals surface area (Å²) >= 11 is 1.28. The van der Waals surface area contributed by atoms with Gasteiger partial charge in [0.25, 0.3) is 0 Å². The molecule has 0 aliphatic carbocycles. The molecule has 1 aromatic heterocycles. The predicted octanol–water partition coefficient (Wildman–Crippen LogP) is 0.0642. The topological polar surface area (TPSA) is 87.2 Å². The van der Waals surface area contributed by atoms with Crippen molar-refractivity contribution >= 4 is 28.6 Å². The molecule has 0 bridgehead atoms. The summed E-state index contributed by atoms with van der Waals surface area (Å²) in [7, 11) is 0. The molecule has 1 saturated heterocycles. The molecule has 1 aliphatic heterocycles. The largest absolute Gasteiger partial charge is 0.358 e. The lowest BCUT2D eigenvalue weighted by molar-refractivity contribution is -0.124. The number of anilines is 1. The van der Waals surface area contributed by atoms with Crippen LogP contribution in [0, 0.1) is 0 Å². The van der Waals surface area contributed by atoms with Crippen molar-refractivity contribution in [2.24, 2.45) is 0 Å². The van der Waals surface area contributed by atoms with Crippen molar-refractivity contribution < 1.29 is 9.59 Å². The Kier molecular flexibility index (Phi) is 3.52. The fourth-order valence-corrected chi connectivity index (χ4v) is 2.10. The number of urea groups is 1. The van der Waals surface area contributed by atoms with Gasteiger partial charge >= 0.3 is 6.03 Å². The quantitative estimate of drug-likeness (QED) is 0.727. The summed E-state index contributed by atoms with van der Waals surface area (Å²) in [4.78, 5) is 27.9. The monoisotopic (exact) mass is 255 g/mol. The minimum absolute atomic E-state index is 0.0949. The Balaban J connectivity index is 1.79. The van der Waals surface area contributed by atoms with Gasteiger partial charge in [-0.3, -0.25) is 9.69 Å². The van der Waals surface area contributed by atoms with Gasteiger partial charge in [0.05, 0.1) is 6.54 Å². The van der Waals surface area contributed by atoms with E-state index in [-0.39, 0.29) is 18.5 Å². The Morgan fingerprint density at radius 2 is 2.35 bits per heavy atom. The van der Waals surface area contributed by atoms with E-state index in [1.807, 2.05) is 6.92 Å². The average molecular weight is 255 g/mol. The van der Waals surface area contributed by atoms with E-state index < -0.39 is 0 Å². The van der Waals surface area contributed by atoms with Crippen LogP contribution < -0.4 is 10.6 Å². The van der Waals surface area contributed by atoms with Gasteiger partial charge in [0.15, 0.2) is 0 Å². The first-order valence-corrected chi connectivity index (χ1v) is 6.12. The van der Waals surface area contributed by atoms with Crippen LogP contribution in [0.2, 0.25) is 0 Å². The number of nitrogens with zero attached hydrogens (tertiary/aromatic N) is 3. The molecule has 2 N–H and O–H groups in total. The van der Waals surface area contributed by atoms with Gasteiger partial charge in [-0.2, -0.15) is 4.37 Å². The molecule has 0 atom stereocenters. The number of imide groups is 1. The highest BCUT2D eigenvalue weighted by atomic mass is 32.1. The maximum absolute atomic E-state index is 11.3. The Morgan fingerprint density at radius 1 is 1.53 bits per heavy atom. The van der Waals surface area contributed by atoms with Crippen LogP contribution in [0.1, 0.15) is 12.7 Å². The average Bonchev–Trinajstić information content (AvgIpc) is 2.90. The molecule has 17 heavy (non-hydrogen) atoms. The Morgan fingerprint density at radius 3 is 2.94 bits per heavy atom. The van der Waals surface area contributed by atoms with Crippen LogP contribution in [0.3, 0.4) is 0 Å². The second-order valence-electron chi connectivity index (χ2n) is 3.50. The summed E-state index contributed by atoms with van der Waals surface area (Å²) in [5.74, 6) is 0.607. The van der Waals surface area contributed by atoms with Gasteiger partial charge in [0.1, 0.15) is 5.82 Å². The van der Waals surface area contributed by atoms with Gasteiger partial charge in [0, 0.05) is 31.0 Å². The molecule has 92 valence electrons. The molecule has 0 unspecified atom stereocenters. The molecule has 2 heterocycles. The summed E-state index contributed by atoms with van der Waals surface area (Å²) < 4.78 is 4.12. The van der Waals surface area contributed by atoms with Crippen molar-refractivity contribution in [3.05, 3.63) is 5.82 Å². The van der Waals surface area contributed by atoms with Crippen LogP contribution in [-0.2, 0) is 11.2 Å². The molecule has 0 aromatic carbocycles. The number of aryl methyl sites for hydroxylation is 1. The van der Waals surface area contributed by atoms with Crippen molar-refractivity contribution in [1.82, 2.24) is 19.6 Å². The summed E-state index contributed by atoms with van der Waals surface area (Å²) in [6.45, 7) is 2.90. The fraction of sp³-hybridized carbons (Fsp3) is 0.556. The van der Waals surface area contributed by atoms with E-state index in [9.17, 15) is 9.59 Å². The van der Waals surface area contributed by atoms with E-state index in [1.54, 1.807) is 0 Å². The first-order valence-electron chi connectivity index (χ1n) is 5.35. The lowest BCUT2D eigenvalue weighted by Gasteiger charge is -2.11. The summed E-state index contributed by atoms with van der Waals surface area (Å²) in [5, 5.41) is 6.22. The van der Waals surface area contributed by atoms with Crippen molar-refractivity contribution in [1.29, 1.82) is 0 Å². The maximum Gasteiger partial charge on any atom is 0.324 e. The number of carbonyl (C=O) groups is 2. The van der Waals surface area contributed by atoms with Crippen molar-refractivity contribution in [2.75, 3.05) is 25.0 Å². The van der Waals surface area contributed by atoms with E-state index in [0.29, 0.717) is 18.2 Å². The highest BCUT2D eigenvalue weighted by molar-refractivity contribution is 7.09. The molecule has 3 amide bonds. The minimum Gasteiger partial charge on any atom is -0.358 e. The van der Waals surface area contributed by atoms with Crippen LogP contribution in [0.25, 0.3) is 0 Å². The van der Waals surface area contributed by atoms with Gasteiger partial charge in [-0.1, -0.05) is 6.92 Å². The lowest BCUT2D eigenvalue weighted by Crippen LogP contribution is -2.35. The van der Waals surface area contributed by atoms with Gasteiger partial charge in [-0.25, -0.2) is 9.78 Å². The maximum atomic E-state index is 11.3. The molecule has 0 radical (unpaired) electrons. The Hall–Kier alpha value is -1.70. The molecule has 0 saturated carbocycles. The van der Waals surface area contributed by atoms with Gasteiger partial charge in [-0.05, 0) is 0 Å². The fourth-order valence-electron chi connectivity index (χ4n) is 1.43. The molecule has 1 fully saturated rings. The molecular formula is C9H13N5O2S. The minimum atomic E-state index is -0.330. The second kappa shape index (κ2) is 5.09. The number of carbonyl (C=O) groups excluding carboxylic acids is 2. The van der Waals surface area contributed by atoms with Crippen molar-refractivity contribution in [2.45, 2.75) is 13.3 Å². The smallest absolute Gasteiger partial charge is 0.324 e. The number of hydrogen-bond donors (Lipinski definition) is 2. The van der Waals surface area contributed by atoms with E-state index in [1.165, 1.54) is 16.4 Å². The van der Waals surface area contributed by atoms with Crippen LogP contribution in [-0.4, -0.2) is 45.8 Å². The molecule has 0 spiro atoms. The van der Waals surface area contributed by atoms with Crippen LogP contribution in [0.15, 0.2) is 0 Å². The molecule has 1 aliphatic rings. The van der Waals surface area contributed by atoms with Gasteiger partial charge in [0.2, 0.25) is 11.0 Å². The summed E-state index contributed by atoms with van der Waals surface area (Å²) in [5.41, 5.74) is 0. The lowest BCUT2D eigenvalue weighted by atomic mass is 10.5. The van der Waals surface area contributed by atoms with Gasteiger partial charge in [-0.15, -0.1) is 0 Å². The predicted molar refractivity (Wildman–Crippen MR) is 62.9 cm³/mol. The van der Waals surface area contributed by atoms with Crippen molar-refractivity contribution in [3.63, 3.8) is 0 Å². The second-order valence-corrected chi connectivity index (χ2v) is 4.25. The first-order chi connectivity index (χ1) is 8.20. The molecule has 1 aromatic rings. The molecule has 2 rings (SSSR count). The molecular weight excluding hydrogens is 242 g/mol. The number of nitrogens with one attached hydrogen (secondary N) is 2. The van der Waals surface area contributed by atoms with Gasteiger partial charge < -0.3 is 10.6 Å². The highest BCUT2D eigenvalue weighted by Gasteiger charge is 2.27. The number of amides is 3. The SMILES string of the molecule is CCc1nsc(NCCN2C(=O)CNC2=O)n1. The standard InChI is InChI=1S/C9H13N5O2S/c1-2-6-12-8(17-13-6)10-3-4-14-7(15)5-11-9(14)16/h2-5H2,1H3,(H,11,16)(H,10,12,13). The number of hydrogen-bond acceptors (Lipinski definition) is 6. The zero-order chi connectivity index (χ0) is 12.3. The van der Waals surface area contributed by atoms with E-state index >= 15 is 0 Å². The molecule has 8 heteroatoms.